The number of carbonyl (C=O) groups is 4. The number of hydrogen-bond acceptors (Lipinski definition) is 6. The summed E-state index contributed by atoms with van der Waals surface area (Å²) < 4.78 is 11.2. The number of quaternary nitrogens is 2. The first-order valence-corrected chi connectivity index (χ1v) is 18.2. The molecule has 0 bridgehead atoms. The molecule has 9 nitrogen and oxygen atoms in total. The van der Waals surface area contributed by atoms with Crippen LogP contribution in [0.2, 0.25) is 0 Å². The first-order chi connectivity index (χ1) is 21.4. The molecule has 0 saturated carbocycles. The molecule has 0 spiro atoms. The minimum absolute atomic E-state index is 0. The Labute approximate surface area is 293 Å². The number of ketones is 1. The summed E-state index contributed by atoms with van der Waals surface area (Å²) in [6.07, 6.45) is 20.7. The van der Waals surface area contributed by atoms with Gasteiger partial charge in [-0.05, 0) is 12.8 Å². The summed E-state index contributed by atoms with van der Waals surface area (Å²) in [5, 5.41) is 2.66. The van der Waals surface area contributed by atoms with Gasteiger partial charge in [-0.15, -0.1) is 0 Å². The second-order valence-electron chi connectivity index (χ2n) is 12.3. The monoisotopic (exact) mass is 697 g/mol. The lowest BCUT2D eigenvalue weighted by molar-refractivity contribution is -0.368. The third-order valence-electron chi connectivity index (χ3n) is 7.99. The van der Waals surface area contributed by atoms with Crippen molar-refractivity contribution in [3.63, 3.8) is 0 Å². The van der Waals surface area contributed by atoms with Crippen LogP contribution >= 0.6 is 0 Å². The summed E-state index contributed by atoms with van der Waals surface area (Å²) in [5.74, 6) is -2.16. The Balaban J connectivity index is -0.00000924. The largest absolute Gasteiger partial charge is 1.00 e. The van der Waals surface area contributed by atoms with Crippen LogP contribution < -0.4 is 41.6 Å². The van der Waals surface area contributed by atoms with E-state index in [-0.39, 0.29) is 50.6 Å². The van der Waals surface area contributed by atoms with Gasteiger partial charge in [-0.3, -0.25) is 19.2 Å². The Kier molecular flexibility index (Phi) is 38.8. The standard InChI is InChI=1S/C35H67N3O6.2ClH/c1-3-5-7-9-11-13-15-17-19-21-25-31(40)43-33(30(39)24-23-27-36)34(35(42)38-29-28-37)44-32(41)26-22-20-18-16-14-12-10-8-6-4-2;;/h33-34H,3-29,36-37H2,1-2H3,(H,38,42);2*1H/t33-,34+;;/m0../s1. The van der Waals surface area contributed by atoms with Gasteiger partial charge in [0.05, 0.1) is 19.6 Å². The van der Waals surface area contributed by atoms with E-state index in [4.69, 9.17) is 9.47 Å². The molecular formula is C35H69Cl2N3O6. The zero-order valence-electron chi connectivity index (χ0n) is 29.4. The fraction of sp³-hybridized carbons (Fsp3) is 0.886. The third kappa shape index (κ3) is 28.8. The van der Waals surface area contributed by atoms with Crippen molar-refractivity contribution in [2.45, 2.75) is 180 Å². The highest BCUT2D eigenvalue weighted by Crippen LogP contribution is 2.17. The van der Waals surface area contributed by atoms with E-state index in [0.717, 1.165) is 38.5 Å². The molecule has 46 heavy (non-hydrogen) atoms. The zero-order chi connectivity index (χ0) is 32.7. The lowest BCUT2D eigenvalue weighted by Crippen LogP contribution is -3.00. The number of amides is 1. The van der Waals surface area contributed by atoms with Crippen molar-refractivity contribution < 1.29 is 64.9 Å². The molecule has 7 N–H and O–H groups in total. The Bertz CT molecular complexity index is 685. The van der Waals surface area contributed by atoms with Crippen molar-refractivity contribution in [2.24, 2.45) is 0 Å². The summed E-state index contributed by atoms with van der Waals surface area (Å²) in [6.45, 7) is 5.66. The van der Waals surface area contributed by atoms with Crippen LogP contribution in [0.5, 0.6) is 0 Å². The number of unbranched alkanes of at least 4 members (excludes halogenated alkanes) is 18. The predicted octanol–water partition coefficient (Wildman–Crippen LogP) is -0.611. The van der Waals surface area contributed by atoms with E-state index >= 15 is 0 Å². The quantitative estimate of drug-likeness (QED) is 0.0630. The molecule has 0 heterocycles. The van der Waals surface area contributed by atoms with Crippen molar-refractivity contribution in [1.82, 2.24) is 5.32 Å². The number of Topliss-reactive ketones (excluding diaryl/α,β-unsaturated/α-hetero) is 1. The maximum absolute atomic E-state index is 13.1. The predicted molar refractivity (Wildman–Crippen MR) is 175 cm³/mol. The van der Waals surface area contributed by atoms with Crippen LogP contribution in [-0.2, 0) is 28.7 Å². The molecule has 0 rings (SSSR count). The molecular weight excluding hydrogens is 629 g/mol. The van der Waals surface area contributed by atoms with Gasteiger partial charge < -0.3 is 51.1 Å². The molecule has 274 valence electrons. The van der Waals surface area contributed by atoms with E-state index in [9.17, 15) is 19.2 Å². The van der Waals surface area contributed by atoms with Gasteiger partial charge in [0.15, 0.2) is 5.78 Å². The van der Waals surface area contributed by atoms with Crippen LogP contribution in [0.25, 0.3) is 0 Å². The summed E-state index contributed by atoms with van der Waals surface area (Å²) in [6, 6.07) is 0. The number of nitrogens with one attached hydrogen (secondary N) is 1. The Morgan fingerprint density at radius 1 is 0.500 bits per heavy atom. The molecule has 0 aliphatic heterocycles. The maximum atomic E-state index is 13.1. The normalized spacial score (nSPS) is 11.9. The van der Waals surface area contributed by atoms with Crippen molar-refractivity contribution in [1.29, 1.82) is 0 Å². The van der Waals surface area contributed by atoms with Gasteiger partial charge in [0.1, 0.15) is 0 Å². The molecule has 0 aromatic heterocycles. The van der Waals surface area contributed by atoms with Crippen LogP contribution in [-0.4, -0.2) is 55.5 Å². The number of carbonyl (C=O) groups excluding carboxylic acids is 4. The fourth-order valence-corrected chi connectivity index (χ4v) is 5.22. The SMILES string of the molecule is CCCCCCCCCCCCC(=O)O[C@@H](C(=O)CCC[NH3+])[C@@H](OC(=O)CCCCCCCCCCCC)C(=O)NCC[NH3+].[Cl-].[Cl-]. The van der Waals surface area contributed by atoms with E-state index in [1.165, 1.54) is 77.0 Å². The highest BCUT2D eigenvalue weighted by atomic mass is 35.5. The van der Waals surface area contributed by atoms with Gasteiger partial charge in [-0.1, -0.05) is 129 Å². The van der Waals surface area contributed by atoms with Crippen LogP contribution in [0.15, 0.2) is 0 Å². The maximum Gasteiger partial charge on any atom is 0.306 e. The topological polar surface area (TPSA) is 154 Å². The van der Waals surface area contributed by atoms with Crippen LogP contribution in [0.4, 0.5) is 0 Å². The van der Waals surface area contributed by atoms with E-state index in [2.05, 4.69) is 30.6 Å². The highest BCUT2D eigenvalue weighted by molar-refractivity contribution is 5.94. The number of halogens is 2. The third-order valence-corrected chi connectivity index (χ3v) is 7.99. The van der Waals surface area contributed by atoms with Crippen molar-refractivity contribution in [2.75, 3.05) is 19.6 Å². The zero-order valence-corrected chi connectivity index (χ0v) is 30.9. The molecule has 0 aromatic rings. The van der Waals surface area contributed by atoms with Crippen LogP contribution in [0.3, 0.4) is 0 Å². The van der Waals surface area contributed by atoms with E-state index in [1.54, 1.807) is 0 Å². The van der Waals surface area contributed by atoms with Crippen LogP contribution in [0, 0.1) is 0 Å². The smallest absolute Gasteiger partial charge is 0.306 e. The molecule has 0 fully saturated rings. The summed E-state index contributed by atoms with van der Waals surface area (Å²) in [4.78, 5) is 51.8. The molecule has 0 radical (unpaired) electrons. The first-order valence-electron chi connectivity index (χ1n) is 18.2. The molecule has 0 aliphatic carbocycles. The number of rotatable bonds is 32. The molecule has 0 aliphatic rings. The van der Waals surface area contributed by atoms with E-state index in [1.807, 2.05) is 0 Å². The molecule has 11 heteroatoms. The minimum Gasteiger partial charge on any atom is -1.00 e. The second-order valence-corrected chi connectivity index (χ2v) is 12.3. The van der Waals surface area contributed by atoms with E-state index in [0.29, 0.717) is 32.4 Å². The van der Waals surface area contributed by atoms with Crippen molar-refractivity contribution >= 4 is 23.6 Å². The minimum atomic E-state index is -1.51. The number of esters is 2. The van der Waals surface area contributed by atoms with Crippen molar-refractivity contribution in [3.05, 3.63) is 0 Å². The Morgan fingerprint density at radius 2 is 0.870 bits per heavy atom. The lowest BCUT2D eigenvalue weighted by atomic mass is 10.0. The summed E-state index contributed by atoms with van der Waals surface area (Å²) in [7, 11) is 0. The summed E-state index contributed by atoms with van der Waals surface area (Å²) in [5.41, 5.74) is 7.51. The van der Waals surface area contributed by atoms with Gasteiger partial charge in [0.2, 0.25) is 12.2 Å². The second kappa shape index (κ2) is 36.4. The molecule has 1 amide bonds. The van der Waals surface area contributed by atoms with Gasteiger partial charge in [0, 0.05) is 25.7 Å². The fourth-order valence-electron chi connectivity index (χ4n) is 5.22. The molecule has 0 aromatic carbocycles. The van der Waals surface area contributed by atoms with Crippen molar-refractivity contribution in [3.8, 4) is 0 Å². The van der Waals surface area contributed by atoms with Crippen LogP contribution in [0.1, 0.15) is 168 Å². The van der Waals surface area contributed by atoms with Gasteiger partial charge in [-0.25, -0.2) is 0 Å². The first kappa shape index (κ1) is 49.0. The van der Waals surface area contributed by atoms with Gasteiger partial charge >= 0.3 is 11.9 Å². The average molecular weight is 699 g/mol. The molecule has 2 atom stereocenters. The summed E-state index contributed by atoms with van der Waals surface area (Å²) >= 11 is 0. The number of hydrogen-bond donors (Lipinski definition) is 3. The molecule has 0 saturated heterocycles. The van der Waals surface area contributed by atoms with Gasteiger partial charge in [-0.2, -0.15) is 0 Å². The van der Waals surface area contributed by atoms with Gasteiger partial charge in [0.25, 0.3) is 5.91 Å². The Hall–Kier alpha value is -1.42. The van der Waals surface area contributed by atoms with E-state index < -0.39 is 35.8 Å². The Morgan fingerprint density at radius 3 is 1.24 bits per heavy atom. The number of ether oxygens (including phenoxy) is 2. The lowest BCUT2D eigenvalue weighted by Gasteiger charge is -2.25. The molecule has 0 unspecified atom stereocenters. The highest BCUT2D eigenvalue weighted by Gasteiger charge is 2.39. The average Bonchev–Trinajstić information content (AvgIpc) is 3.02.